The highest BCUT2D eigenvalue weighted by Crippen LogP contribution is 2.25. The number of amides is 1. The Labute approximate surface area is 153 Å². The molecule has 0 saturated carbocycles. The fraction of sp³-hybridized carbons (Fsp3) is 0.400. The van der Waals surface area contributed by atoms with Gasteiger partial charge in [-0.3, -0.25) is 14.5 Å². The van der Waals surface area contributed by atoms with E-state index >= 15 is 0 Å². The molecule has 1 N–H and O–H groups in total. The summed E-state index contributed by atoms with van der Waals surface area (Å²) in [6, 6.07) is 5.75. The summed E-state index contributed by atoms with van der Waals surface area (Å²) in [6.45, 7) is 10.1. The quantitative estimate of drug-likeness (QED) is 0.782. The number of rotatable bonds is 4. The van der Waals surface area contributed by atoms with E-state index < -0.39 is 0 Å². The molecule has 26 heavy (non-hydrogen) atoms. The fourth-order valence-electron chi connectivity index (χ4n) is 3.33. The third kappa shape index (κ3) is 3.31. The van der Waals surface area contributed by atoms with Gasteiger partial charge in [-0.2, -0.15) is 5.10 Å². The number of nitrogens with one attached hydrogen (secondary N) is 1. The molecule has 0 aliphatic heterocycles. The van der Waals surface area contributed by atoms with Gasteiger partial charge in [-0.05, 0) is 44.4 Å². The zero-order valence-corrected chi connectivity index (χ0v) is 16.2. The zero-order chi connectivity index (χ0) is 19.0. The third-order valence-electron chi connectivity index (χ3n) is 4.60. The van der Waals surface area contributed by atoms with E-state index in [1.54, 1.807) is 4.68 Å². The second-order valence-corrected chi connectivity index (χ2v) is 7.23. The number of fused-ring (bicyclic) bond motifs is 1. The van der Waals surface area contributed by atoms with Crippen molar-refractivity contribution < 1.29 is 4.79 Å². The van der Waals surface area contributed by atoms with Gasteiger partial charge in [0, 0.05) is 18.1 Å². The highest BCUT2D eigenvalue weighted by Gasteiger charge is 2.24. The lowest BCUT2D eigenvalue weighted by Crippen LogP contribution is -2.33. The van der Waals surface area contributed by atoms with Crippen LogP contribution in [-0.2, 0) is 7.05 Å². The minimum absolute atomic E-state index is 0.118. The van der Waals surface area contributed by atoms with Crippen molar-refractivity contribution in [3.05, 3.63) is 52.7 Å². The minimum atomic E-state index is -0.218. The van der Waals surface area contributed by atoms with Gasteiger partial charge < -0.3 is 5.32 Å². The van der Waals surface area contributed by atoms with E-state index in [0.29, 0.717) is 5.56 Å². The average molecular weight is 351 g/mol. The van der Waals surface area contributed by atoms with E-state index in [-0.39, 0.29) is 17.9 Å². The number of aromatic nitrogens is 4. The number of benzene rings is 1. The zero-order valence-electron chi connectivity index (χ0n) is 16.2. The molecule has 6 heteroatoms. The number of hydrogen-bond acceptors (Lipinski definition) is 4. The van der Waals surface area contributed by atoms with Crippen molar-refractivity contribution >= 4 is 16.8 Å². The molecule has 136 valence electrons. The Morgan fingerprint density at radius 3 is 2.50 bits per heavy atom. The molecule has 0 saturated heterocycles. The van der Waals surface area contributed by atoms with Crippen LogP contribution in [0.4, 0.5) is 0 Å². The molecule has 1 aromatic carbocycles. The van der Waals surface area contributed by atoms with Crippen molar-refractivity contribution in [3.8, 4) is 0 Å². The van der Waals surface area contributed by atoms with Gasteiger partial charge in [0.2, 0.25) is 0 Å². The molecule has 0 unspecified atom stereocenters. The maximum absolute atomic E-state index is 13.2. The smallest absolute Gasteiger partial charge is 0.252 e. The molecule has 6 nitrogen and oxygen atoms in total. The number of aryl methyl sites for hydroxylation is 4. The Hall–Kier alpha value is -2.76. The van der Waals surface area contributed by atoms with Crippen molar-refractivity contribution in [2.45, 2.75) is 40.7 Å². The Morgan fingerprint density at radius 1 is 1.15 bits per heavy atom. The summed E-state index contributed by atoms with van der Waals surface area (Å²) in [4.78, 5) is 22.1. The van der Waals surface area contributed by atoms with Gasteiger partial charge in [0.1, 0.15) is 12.2 Å². The molecule has 3 aromatic rings. The van der Waals surface area contributed by atoms with Crippen LogP contribution in [0.25, 0.3) is 10.9 Å². The van der Waals surface area contributed by atoms with Gasteiger partial charge in [-0.25, -0.2) is 4.98 Å². The van der Waals surface area contributed by atoms with E-state index in [2.05, 4.69) is 40.3 Å². The lowest BCUT2D eigenvalue weighted by atomic mass is 9.99. The van der Waals surface area contributed by atoms with E-state index in [4.69, 9.17) is 0 Å². The van der Waals surface area contributed by atoms with E-state index in [1.165, 1.54) is 6.33 Å². The van der Waals surface area contributed by atoms with Crippen LogP contribution in [0.2, 0.25) is 0 Å². The molecule has 0 aliphatic carbocycles. The molecule has 1 amide bonds. The minimum Gasteiger partial charge on any atom is -0.342 e. The van der Waals surface area contributed by atoms with Crippen LogP contribution in [0.15, 0.2) is 24.5 Å². The van der Waals surface area contributed by atoms with Crippen LogP contribution in [-0.4, -0.2) is 25.7 Å². The highest BCUT2D eigenvalue weighted by molar-refractivity contribution is 6.07. The molecule has 2 heterocycles. The van der Waals surface area contributed by atoms with Gasteiger partial charge in [-0.15, -0.1) is 0 Å². The summed E-state index contributed by atoms with van der Waals surface area (Å²) >= 11 is 0. The largest absolute Gasteiger partial charge is 0.342 e. The molecule has 0 fully saturated rings. The van der Waals surface area contributed by atoms with Crippen LogP contribution in [0, 0.1) is 26.7 Å². The molecular formula is C20H25N5O. The van der Waals surface area contributed by atoms with Crippen LogP contribution in [0.5, 0.6) is 0 Å². The summed E-state index contributed by atoms with van der Waals surface area (Å²) in [5.41, 5.74) is 4.54. The summed E-state index contributed by atoms with van der Waals surface area (Å²) in [6.07, 6.45) is 1.51. The summed E-state index contributed by atoms with van der Waals surface area (Å²) in [5.74, 6) is 0.808. The number of pyridine rings is 1. The Morgan fingerprint density at radius 2 is 1.88 bits per heavy atom. The van der Waals surface area contributed by atoms with Gasteiger partial charge in [0.15, 0.2) is 0 Å². The van der Waals surface area contributed by atoms with Crippen LogP contribution >= 0.6 is 0 Å². The molecule has 0 bridgehead atoms. The Kier molecular flexibility index (Phi) is 4.76. The predicted molar refractivity (Wildman–Crippen MR) is 102 cm³/mol. The Bertz CT molecular complexity index is 974. The second-order valence-electron chi connectivity index (χ2n) is 7.23. The lowest BCUT2D eigenvalue weighted by molar-refractivity contribution is 0.0923. The SMILES string of the molecule is Cc1cc(C)c2nc(C)cc(C(=O)N[C@@H](c3ncnn3C)C(C)C)c2c1. The van der Waals surface area contributed by atoms with Gasteiger partial charge in [0.25, 0.3) is 5.91 Å². The third-order valence-corrected chi connectivity index (χ3v) is 4.60. The molecule has 1 atom stereocenters. The number of carbonyl (C=O) groups is 1. The second kappa shape index (κ2) is 6.86. The van der Waals surface area contributed by atoms with Gasteiger partial charge >= 0.3 is 0 Å². The topological polar surface area (TPSA) is 72.7 Å². The first-order valence-electron chi connectivity index (χ1n) is 8.81. The first kappa shape index (κ1) is 18.0. The van der Waals surface area contributed by atoms with Crippen molar-refractivity contribution in [3.63, 3.8) is 0 Å². The highest BCUT2D eigenvalue weighted by atomic mass is 16.1. The number of hydrogen-bond donors (Lipinski definition) is 1. The summed E-state index contributed by atoms with van der Waals surface area (Å²) in [7, 11) is 1.84. The molecule has 0 aliphatic rings. The van der Waals surface area contributed by atoms with Gasteiger partial charge in [0.05, 0.1) is 17.1 Å². The Balaban J connectivity index is 2.06. The maximum atomic E-state index is 13.2. The van der Waals surface area contributed by atoms with E-state index in [1.807, 2.05) is 40.0 Å². The molecule has 0 radical (unpaired) electrons. The lowest BCUT2D eigenvalue weighted by Gasteiger charge is -2.22. The normalized spacial score (nSPS) is 12.6. The number of nitrogens with zero attached hydrogens (tertiary/aromatic N) is 4. The first-order chi connectivity index (χ1) is 12.3. The first-order valence-corrected chi connectivity index (χ1v) is 8.81. The van der Waals surface area contributed by atoms with Crippen molar-refractivity contribution in [2.24, 2.45) is 13.0 Å². The van der Waals surface area contributed by atoms with Crippen molar-refractivity contribution in [1.82, 2.24) is 25.1 Å². The van der Waals surface area contributed by atoms with E-state index in [9.17, 15) is 4.79 Å². The van der Waals surface area contributed by atoms with Crippen LogP contribution < -0.4 is 5.32 Å². The molecule has 2 aromatic heterocycles. The monoisotopic (exact) mass is 351 g/mol. The van der Waals surface area contributed by atoms with Crippen LogP contribution in [0.1, 0.15) is 52.9 Å². The number of carbonyl (C=O) groups excluding carboxylic acids is 1. The molecular weight excluding hydrogens is 326 g/mol. The average Bonchev–Trinajstić information content (AvgIpc) is 2.98. The summed E-state index contributed by atoms with van der Waals surface area (Å²) < 4.78 is 1.70. The maximum Gasteiger partial charge on any atom is 0.252 e. The summed E-state index contributed by atoms with van der Waals surface area (Å²) in [5, 5.41) is 8.16. The molecule has 0 spiro atoms. The standard InChI is InChI=1S/C20H25N5O/c1-11(2)17(19-21-10-22-25(19)6)24-20(26)16-9-14(5)23-18-13(4)7-12(3)8-15(16)18/h7-11,17H,1-6H3,(H,24,26)/t17-/m1/s1. The predicted octanol–water partition coefficient (Wildman–Crippen LogP) is 3.42. The van der Waals surface area contributed by atoms with Crippen molar-refractivity contribution in [1.29, 1.82) is 0 Å². The van der Waals surface area contributed by atoms with Crippen molar-refractivity contribution in [2.75, 3.05) is 0 Å². The fourth-order valence-corrected chi connectivity index (χ4v) is 3.33. The van der Waals surface area contributed by atoms with E-state index in [0.717, 1.165) is 33.5 Å². The van der Waals surface area contributed by atoms with Crippen LogP contribution in [0.3, 0.4) is 0 Å². The van der Waals surface area contributed by atoms with Gasteiger partial charge in [-0.1, -0.05) is 25.5 Å². The molecule has 3 rings (SSSR count).